The van der Waals surface area contributed by atoms with Gasteiger partial charge in [0.15, 0.2) is 0 Å². The van der Waals surface area contributed by atoms with Gasteiger partial charge in [-0.25, -0.2) is 4.98 Å². The van der Waals surface area contributed by atoms with E-state index in [-0.39, 0.29) is 5.41 Å². The van der Waals surface area contributed by atoms with Crippen LogP contribution in [0, 0.1) is 19.8 Å². The molecule has 0 saturated heterocycles. The second kappa shape index (κ2) is 9.32. The van der Waals surface area contributed by atoms with Crippen molar-refractivity contribution in [3.63, 3.8) is 0 Å². The maximum absolute atomic E-state index is 5.26. The predicted octanol–water partition coefficient (Wildman–Crippen LogP) is 11.1. The fourth-order valence-corrected chi connectivity index (χ4v) is 7.94. The molecular weight excluding hydrogens is 499 g/mol. The minimum atomic E-state index is 0.0382. The first-order valence-corrected chi connectivity index (χ1v) is 15.2. The summed E-state index contributed by atoms with van der Waals surface area (Å²) < 4.78 is 1.37. The van der Waals surface area contributed by atoms with Crippen LogP contribution in [-0.2, 0) is 11.8 Å². The smallest absolute Gasteiger partial charge is 0.125 e. The second-order valence-electron chi connectivity index (χ2n) is 12.1. The van der Waals surface area contributed by atoms with Gasteiger partial charge in [-0.2, -0.15) is 0 Å². The molecule has 0 spiro atoms. The summed E-state index contributed by atoms with van der Waals surface area (Å²) in [6.45, 7) is 16.0. The lowest BCUT2D eigenvalue weighted by Crippen LogP contribution is -2.12. The number of rotatable bonds is 4. The van der Waals surface area contributed by atoms with Gasteiger partial charge < -0.3 is 0 Å². The Morgan fingerprint density at radius 3 is 2.37 bits per heavy atom. The summed E-state index contributed by atoms with van der Waals surface area (Å²) in [5.74, 6) is 0.668. The first-order chi connectivity index (χ1) is 18.1. The summed E-state index contributed by atoms with van der Waals surface area (Å²) in [5.41, 5.74) is 7.56. The third-order valence-corrected chi connectivity index (χ3v) is 9.82. The average molecular weight is 534 g/mol. The van der Waals surface area contributed by atoms with Crippen molar-refractivity contribution in [1.29, 1.82) is 0 Å². The Morgan fingerprint density at radius 1 is 0.816 bits per heavy atom. The van der Waals surface area contributed by atoms with E-state index >= 15 is 0 Å². The Morgan fingerprint density at radius 2 is 1.61 bits per heavy atom. The number of aromatic nitrogens is 1. The Labute approximate surface area is 234 Å². The largest absolute Gasteiger partial charge is 0.237 e. The van der Waals surface area contributed by atoms with Gasteiger partial charge in [0.1, 0.15) is 4.83 Å². The highest BCUT2D eigenvalue weighted by molar-refractivity contribution is 7.19. The molecule has 3 aromatic carbocycles. The van der Waals surface area contributed by atoms with E-state index in [9.17, 15) is 0 Å². The topological polar surface area (TPSA) is 12.9 Å². The van der Waals surface area contributed by atoms with Gasteiger partial charge in [-0.3, -0.25) is 0 Å². The SMILES string of the molecule is Cc1sc2nc(-c3cc(C(C)(C)C)c4ccccc4c3)cc(-c3ccc4cc(CC(C)C)sc4c3)c2c1C. The van der Waals surface area contributed by atoms with E-state index in [2.05, 4.69) is 115 Å². The summed E-state index contributed by atoms with van der Waals surface area (Å²) in [7, 11) is 0. The maximum Gasteiger partial charge on any atom is 0.125 e. The number of pyridine rings is 1. The van der Waals surface area contributed by atoms with Crippen molar-refractivity contribution in [2.24, 2.45) is 5.92 Å². The van der Waals surface area contributed by atoms with Crippen molar-refractivity contribution in [2.45, 2.75) is 60.3 Å². The van der Waals surface area contributed by atoms with E-state index in [4.69, 9.17) is 4.98 Å². The molecule has 1 nitrogen and oxygen atoms in total. The van der Waals surface area contributed by atoms with Gasteiger partial charge in [0.2, 0.25) is 0 Å². The molecular formula is C35H35NS2. The van der Waals surface area contributed by atoms with E-state index in [0.717, 1.165) is 16.9 Å². The Bertz CT molecular complexity index is 1820. The van der Waals surface area contributed by atoms with Crippen molar-refractivity contribution < 1.29 is 0 Å². The van der Waals surface area contributed by atoms with Crippen LogP contribution < -0.4 is 0 Å². The highest BCUT2D eigenvalue weighted by Gasteiger charge is 2.21. The Kier molecular flexibility index (Phi) is 6.20. The van der Waals surface area contributed by atoms with Gasteiger partial charge in [-0.15, -0.1) is 22.7 Å². The van der Waals surface area contributed by atoms with E-state index in [0.29, 0.717) is 5.92 Å². The summed E-state index contributed by atoms with van der Waals surface area (Å²) in [6.07, 6.45) is 1.14. The molecule has 0 bridgehead atoms. The third-order valence-electron chi connectivity index (χ3n) is 7.60. The Balaban J connectivity index is 1.59. The summed E-state index contributed by atoms with van der Waals surface area (Å²) in [4.78, 5) is 9.21. The molecule has 3 aromatic heterocycles. The summed E-state index contributed by atoms with van der Waals surface area (Å²) in [6, 6.07) is 25.2. The lowest BCUT2D eigenvalue weighted by molar-refractivity contribution is 0.596. The Hall–Kier alpha value is -3.01. The third kappa shape index (κ3) is 4.46. The minimum absolute atomic E-state index is 0.0382. The van der Waals surface area contributed by atoms with Crippen LogP contribution >= 0.6 is 22.7 Å². The molecule has 3 heterocycles. The molecule has 3 heteroatoms. The van der Waals surface area contributed by atoms with Gasteiger partial charge in [0, 0.05) is 25.4 Å². The zero-order valence-corrected chi connectivity index (χ0v) is 25.0. The standard InChI is InChI=1S/C35H35NS2/c1-20(2)14-27-16-25-13-12-24(18-32(25)38-27)29-19-31(36-34-33(29)21(3)22(4)37-34)26-15-23-10-8-9-11-28(23)30(17-26)35(5,6)7/h8-13,15-20H,14H2,1-7H3. The molecule has 192 valence electrons. The molecule has 0 aliphatic rings. The molecule has 0 N–H and O–H groups in total. The van der Waals surface area contributed by atoms with Crippen LogP contribution in [0.2, 0.25) is 0 Å². The van der Waals surface area contributed by atoms with Crippen LogP contribution in [0.15, 0.2) is 66.7 Å². The van der Waals surface area contributed by atoms with Crippen LogP contribution in [-0.4, -0.2) is 4.98 Å². The van der Waals surface area contributed by atoms with Crippen LogP contribution in [0.5, 0.6) is 0 Å². The molecule has 0 aliphatic heterocycles. The van der Waals surface area contributed by atoms with E-state index in [1.807, 2.05) is 22.7 Å². The van der Waals surface area contributed by atoms with E-state index in [1.54, 1.807) is 0 Å². The van der Waals surface area contributed by atoms with Crippen LogP contribution in [0.25, 0.3) is 53.5 Å². The molecule has 6 aromatic rings. The highest BCUT2D eigenvalue weighted by atomic mass is 32.1. The van der Waals surface area contributed by atoms with Gasteiger partial charge in [0.05, 0.1) is 5.69 Å². The van der Waals surface area contributed by atoms with Crippen molar-refractivity contribution in [2.75, 3.05) is 0 Å². The number of hydrogen-bond acceptors (Lipinski definition) is 3. The first kappa shape index (κ1) is 25.3. The summed E-state index contributed by atoms with van der Waals surface area (Å²) >= 11 is 3.76. The van der Waals surface area contributed by atoms with Crippen LogP contribution in [0.3, 0.4) is 0 Å². The van der Waals surface area contributed by atoms with Crippen LogP contribution in [0.4, 0.5) is 0 Å². The highest BCUT2D eigenvalue weighted by Crippen LogP contribution is 2.42. The average Bonchev–Trinajstić information content (AvgIpc) is 3.40. The molecule has 0 saturated carbocycles. The molecule has 6 rings (SSSR count). The van der Waals surface area contributed by atoms with Gasteiger partial charge >= 0.3 is 0 Å². The number of thiophene rings is 2. The monoisotopic (exact) mass is 533 g/mol. The van der Waals surface area contributed by atoms with E-state index < -0.39 is 0 Å². The predicted molar refractivity (Wildman–Crippen MR) is 170 cm³/mol. The lowest BCUT2D eigenvalue weighted by Gasteiger charge is -2.23. The summed E-state index contributed by atoms with van der Waals surface area (Å²) in [5, 5.41) is 5.25. The number of hydrogen-bond donors (Lipinski definition) is 0. The normalized spacial score (nSPS) is 12.4. The zero-order chi connectivity index (χ0) is 26.8. The molecule has 0 atom stereocenters. The van der Waals surface area contributed by atoms with E-state index in [1.165, 1.54) is 63.8 Å². The van der Waals surface area contributed by atoms with Gasteiger partial charge in [0.25, 0.3) is 0 Å². The molecule has 38 heavy (non-hydrogen) atoms. The van der Waals surface area contributed by atoms with Crippen molar-refractivity contribution in [1.82, 2.24) is 4.98 Å². The van der Waals surface area contributed by atoms with Crippen molar-refractivity contribution >= 4 is 53.7 Å². The fourth-order valence-electron chi connectivity index (χ4n) is 5.57. The maximum atomic E-state index is 5.26. The van der Waals surface area contributed by atoms with Crippen molar-refractivity contribution in [3.05, 3.63) is 87.6 Å². The van der Waals surface area contributed by atoms with Gasteiger partial charge in [-0.05, 0) is 100 Å². The van der Waals surface area contributed by atoms with Gasteiger partial charge in [-0.1, -0.05) is 71.0 Å². The molecule has 0 radical (unpaired) electrons. The van der Waals surface area contributed by atoms with Crippen LogP contribution in [0.1, 0.15) is 55.5 Å². The zero-order valence-electron chi connectivity index (χ0n) is 23.4. The fraction of sp³-hybridized carbons (Fsp3) is 0.286. The number of fused-ring (bicyclic) bond motifs is 3. The number of nitrogens with zero attached hydrogens (tertiary/aromatic N) is 1. The lowest BCUT2D eigenvalue weighted by atomic mass is 9.82. The molecule has 0 aliphatic carbocycles. The number of benzene rings is 3. The number of aryl methyl sites for hydroxylation is 2. The van der Waals surface area contributed by atoms with Crippen molar-refractivity contribution in [3.8, 4) is 22.4 Å². The molecule has 0 unspecified atom stereocenters. The molecule has 0 fully saturated rings. The second-order valence-corrected chi connectivity index (χ2v) is 14.4. The first-order valence-electron chi connectivity index (χ1n) is 13.6. The quantitative estimate of drug-likeness (QED) is 0.220. The molecule has 0 amide bonds. The minimum Gasteiger partial charge on any atom is -0.237 e.